The van der Waals surface area contributed by atoms with Crippen LogP contribution in [0.2, 0.25) is 0 Å². The molecule has 0 heterocycles. The number of hydrogen-bond acceptors (Lipinski definition) is 6. The quantitative estimate of drug-likeness (QED) is 0.471. The number of carbonyl (C=O) groups excluding carboxylic acids is 2. The summed E-state index contributed by atoms with van der Waals surface area (Å²) in [5, 5.41) is 9.67. The van der Waals surface area contributed by atoms with Crippen molar-refractivity contribution in [3.8, 4) is 0 Å². The van der Waals surface area contributed by atoms with Gasteiger partial charge in [-0.15, -0.1) is 0 Å². The summed E-state index contributed by atoms with van der Waals surface area (Å²) in [6, 6.07) is 0. The Kier molecular flexibility index (Phi) is 11.2. The van der Waals surface area contributed by atoms with E-state index in [-0.39, 0.29) is 19.0 Å². The number of halogens is 3. The van der Waals surface area contributed by atoms with Crippen LogP contribution in [0, 0.1) is 0 Å². The molecular formula is C11H17F3N2O5S. The zero-order valence-electron chi connectivity index (χ0n) is 11.9. The molecule has 0 saturated carbocycles. The van der Waals surface area contributed by atoms with Crippen molar-refractivity contribution in [2.75, 3.05) is 13.1 Å². The first-order valence-electron chi connectivity index (χ1n) is 5.83. The summed E-state index contributed by atoms with van der Waals surface area (Å²) >= 11 is 4.90. The predicted octanol–water partition coefficient (Wildman–Crippen LogP) is 0.406. The minimum absolute atomic E-state index is 0.0800. The normalized spacial score (nSPS) is 11.5. The Morgan fingerprint density at radius 3 is 2.05 bits per heavy atom. The lowest BCUT2D eigenvalue weighted by atomic mass is 10.2. The number of amides is 1. The van der Waals surface area contributed by atoms with Gasteiger partial charge in [0.15, 0.2) is 0 Å². The Hall–Kier alpha value is -1.75. The van der Waals surface area contributed by atoms with Gasteiger partial charge in [-0.2, -0.15) is 13.2 Å². The summed E-state index contributed by atoms with van der Waals surface area (Å²) in [6.07, 6.45) is -5.03. The van der Waals surface area contributed by atoms with E-state index < -0.39 is 24.2 Å². The number of hydrogen-bond donors (Lipinski definition) is 3. The number of ether oxygens (including phenoxy) is 1. The summed E-state index contributed by atoms with van der Waals surface area (Å²) in [4.78, 5) is 31.2. The maximum atomic E-state index is 10.9. The van der Waals surface area contributed by atoms with Crippen LogP contribution in [0.15, 0.2) is 0 Å². The number of rotatable bonds is 6. The van der Waals surface area contributed by atoms with Crippen LogP contribution >= 0.6 is 12.2 Å². The molecule has 1 atom stereocenters. The van der Waals surface area contributed by atoms with Gasteiger partial charge in [0.2, 0.25) is 5.91 Å². The zero-order valence-corrected chi connectivity index (χ0v) is 12.7. The number of thiocarbonyl (C=S) groups is 1. The zero-order chi connectivity index (χ0) is 17.9. The Labute approximate surface area is 130 Å². The van der Waals surface area contributed by atoms with Crippen LogP contribution in [0.1, 0.15) is 20.3 Å². The number of esters is 1. The molecule has 11 heteroatoms. The first-order valence-corrected chi connectivity index (χ1v) is 6.24. The highest BCUT2D eigenvalue weighted by molar-refractivity contribution is 7.80. The van der Waals surface area contributed by atoms with Crippen molar-refractivity contribution in [3.63, 3.8) is 0 Å². The molecule has 0 aliphatic heterocycles. The van der Waals surface area contributed by atoms with Crippen molar-refractivity contribution in [2.45, 2.75) is 32.5 Å². The fraction of sp³-hybridized carbons (Fsp3) is 0.636. The van der Waals surface area contributed by atoms with E-state index in [0.29, 0.717) is 6.42 Å². The maximum absolute atomic E-state index is 10.9. The molecule has 1 amide bonds. The van der Waals surface area contributed by atoms with Crippen LogP contribution in [0.3, 0.4) is 0 Å². The average molecular weight is 346 g/mol. The number of carbonyl (C=O) groups is 3. The second-order valence-corrected chi connectivity index (χ2v) is 4.65. The molecule has 0 spiro atoms. The van der Waals surface area contributed by atoms with Crippen LogP contribution in [0.4, 0.5) is 13.2 Å². The van der Waals surface area contributed by atoms with Crippen molar-refractivity contribution in [1.29, 1.82) is 0 Å². The molecule has 0 aromatic heterocycles. The van der Waals surface area contributed by atoms with Crippen molar-refractivity contribution >= 4 is 34.9 Å². The van der Waals surface area contributed by atoms with Gasteiger partial charge < -0.3 is 20.9 Å². The van der Waals surface area contributed by atoms with Crippen molar-refractivity contribution in [2.24, 2.45) is 5.73 Å². The van der Waals surface area contributed by atoms with E-state index in [1.54, 1.807) is 6.92 Å². The van der Waals surface area contributed by atoms with Crippen molar-refractivity contribution in [3.05, 3.63) is 0 Å². The van der Waals surface area contributed by atoms with E-state index in [2.05, 4.69) is 5.32 Å². The molecule has 0 rings (SSSR count). The van der Waals surface area contributed by atoms with Gasteiger partial charge in [0, 0.05) is 13.3 Å². The number of nitrogens with one attached hydrogen (secondary N) is 1. The average Bonchev–Trinajstić information content (AvgIpc) is 2.33. The third kappa shape index (κ3) is 14.7. The number of alkyl halides is 3. The summed E-state index contributed by atoms with van der Waals surface area (Å²) in [6.45, 7) is 3.24. The molecule has 128 valence electrons. The molecule has 0 aromatic carbocycles. The minimum Gasteiger partial charge on any atom is -0.475 e. The van der Waals surface area contributed by atoms with E-state index in [4.69, 9.17) is 32.6 Å². The Morgan fingerprint density at radius 1 is 1.32 bits per heavy atom. The highest BCUT2D eigenvalue weighted by atomic mass is 32.1. The van der Waals surface area contributed by atoms with Crippen LogP contribution in [0.5, 0.6) is 0 Å². The fourth-order valence-corrected chi connectivity index (χ4v) is 1.20. The standard InChI is InChI=1S/C9H16N2O3S.C2HF3O2/c1-6(15)3-8(14-7(2)12)5-11-9(13)4-10;3-2(4,5)1(6)7/h8H,3-5,10H2,1-2H3,(H,11,13);(H,6,7). The lowest BCUT2D eigenvalue weighted by molar-refractivity contribution is -0.192. The fourth-order valence-electron chi connectivity index (χ4n) is 1.01. The molecule has 4 N–H and O–H groups in total. The second kappa shape index (κ2) is 10.9. The lowest BCUT2D eigenvalue weighted by Crippen LogP contribution is -2.38. The SMILES string of the molecule is CC(=O)OC(CNC(=O)CN)CC(C)=S.O=C(O)C(F)(F)F. The molecule has 1 unspecified atom stereocenters. The molecule has 7 nitrogen and oxygen atoms in total. The number of carboxylic acid groups (broad SMARTS) is 1. The number of carboxylic acids is 1. The largest absolute Gasteiger partial charge is 0.490 e. The van der Waals surface area contributed by atoms with Gasteiger partial charge in [0.05, 0.1) is 13.1 Å². The molecule has 0 aliphatic carbocycles. The van der Waals surface area contributed by atoms with Crippen LogP contribution in [-0.4, -0.2) is 53.2 Å². The predicted molar refractivity (Wildman–Crippen MR) is 74.2 cm³/mol. The van der Waals surface area contributed by atoms with Gasteiger partial charge in [-0.3, -0.25) is 9.59 Å². The van der Waals surface area contributed by atoms with Crippen molar-refractivity contribution in [1.82, 2.24) is 5.32 Å². The van der Waals surface area contributed by atoms with Gasteiger partial charge in [-0.1, -0.05) is 12.2 Å². The minimum atomic E-state index is -5.08. The smallest absolute Gasteiger partial charge is 0.475 e. The van der Waals surface area contributed by atoms with Gasteiger partial charge >= 0.3 is 18.1 Å². The summed E-state index contributed by atoms with van der Waals surface area (Å²) < 4.78 is 36.7. The van der Waals surface area contributed by atoms with E-state index in [9.17, 15) is 22.8 Å². The number of aliphatic carboxylic acids is 1. The Bertz CT molecular complexity index is 399. The van der Waals surface area contributed by atoms with Gasteiger partial charge in [0.1, 0.15) is 6.10 Å². The van der Waals surface area contributed by atoms with Crippen LogP contribution < -0.4 is 11.1 Å². The highest BCUT2D eigenvalue weighted by Crippen LogP contribution is 2.13. The van der Waals surface area contributed by atoms with E-state index in [1.165, 1.54) is 6.92 Å². The molecule has 0 fully saturated rings. The molecule has 0 radical (unpaired) electrons. The van der Waals surface area contributed by atoms with Gasteiger partial charge in [0.25, 0.3) is 0 Å². The van der Waals surface area contributed by atoms with Crippen LogP contribution in [0.25, 0.3) is 0 Å². The molecule has 22 heavy (non-hydrogen) atoms. The second-order valence-electron chi connectivity index (χ2n) is 3.95. The number of nitrogens with two attached hydrogens (primary N) is 1. The molecule has 0 aliphatic rings. The van der Waals surface area contributed by atoms with E-state index in [0.717, 1.165) is 4.86 Å². The first-order chi connectivity index (χ1) is 9.89. The van der Waals surface area contributed by atoms with E-state index in [1.807, 2.05) is 0 Å². The lowest BCUT2D eigenvalue weighted by Gasteiger charge is -2.16. The first kappa shape index (κ1) is 22.5. The third-order valence-electron chi connectivity index (χ3n) is 1.80. The Balaban J connectivity index is 0. The molecular weight excluding hydrogens is 329 g/mol. The molecule has 0 aromatic rings. The topological polar surface area (TPSA) is 119 Å². The third-order valence-corrected chi connectivity index (χ3v) is 1.97. The molecule has 0 bridgehead atoms. The Morgan fingerprint density at radius 2 is 1.77 bits per heavy atom. The summed E-state index contributed by atoms with van der Waals surface area (Å²) in [7, 11) is 0. The monoisotopic (exact) mass is 346 g/mol. The summed E-state index contributed by atoms with van der Waals surface area (Å²) in [5.41, 5.74) is 5.12. The van der Waals surface area contributed by atoms with E-state index >= 15 is 0 Å². The summed E-state index contributed by atoms with van der Waals surface area (Å²) in [5.74, 6) is -3.43. The maximum Gasteiger partial charge on any atom is 0.490 e. The molecule has 0 saturated heterocycles. The van der Waals surface area contributed by atoms with Gasteiger partial charge in [-0.25, -0.2) is 4.79 Å². The highest BCUT2D eigenvalue weighted by Gasteiger charge is 2.38. The van der Waals surface area contributed by atoms with Crippen LogP contribution in [-0.2, 0) is 19.1 Å². The van der Waals surface area contributed by atoms with Crippen molar-refractivity contribution < 1.29 is 37.4 Å². The van der Waals surface area contributed by atoms with Gasteiger partial charge in [-0.05, 0) is 11.8 Å².